The number of nitrogens with one attached hydrogen (secondary N) is 1. The van der Waals surface area contributed by atoms with Gasteiger partial charge in [0.25, 0.3) is 0 Å². The molecule has 0 aliphatic heterocycles. The molecule has 1 rings (SSSR count). The summed E-state index contributed by atoms with van der Waals surface area (Å²) in [6, 6.07) is 0. The van der Waals surface area contributed by atoms with Crippen molar-refractivity contribution in [3.05, 3.63) is 11.9 Å². The number of ether oxygens (including phenoxy) is 1. The molecule has 1 N–H and O–H groups in total. The molecule has 0 aromatic carbocycles. The summed E-state index contributed by atoms with van der Waals surface area (Å²) >= 11 is 0. The molecule has 0 spiro atoms. The fourth-order valence-electron chi connectivity index (χ4n) is 1.60. The Morgan fingerprint density at radius 1 is 1.38 bits per heavy atom. The Morgan fingerprint density at radius 3 is 2.88 bits per heavy atom. The molecule has 0 saturated carbocycles. The molecular formula is C12H23N3O. The van der Waals surface area contributed by atoms with E-state index in [9.17, 15) is 0 Å². The summed E-state index contributed by atoms with van der Waals surface area (Å²) in [6.07, 6.45) is 4.21. The summed E-state index contributed by atoms with van der Waals surface area (Å²) in [6.45, 7) is 9.79. The van der Waals surface area contributed by atoms with Gasteiger partial charge in [0.15, 0.2) is 0 Å². The van der Waals surface area contributed by atoms with Crippen LogP contribution in [0.15, 0.2) is 6.20 Å². The molecule has 92 valence electrons. The predicted octanol–water partition coefficient (Wildman–Crippen LogP) is 2.44. The van der Waals surface area contributed by atoms with Gasteiger partial charge in [-0.05, 0) is 26.7 Å². The number of hydrogen-bond donors (Lipinski definition) is 1. The molecule has 0 aliphatic carbocycles. The maximum absolute atomic E-state index is 5.46. The van der Waals surface area contributed by atoms with Crippen LogP contribution in [0.1, 0.15) is 32.4 Å². The summed E-state index contributed by atoms with van der Waals surface area (Å²) in [4.78, 5) is 4.43. The second-order valence-electron chi connectivity index (χ2n) is 3.90. The van der Waals surface area contributed by atoms with Gasteiger partial charge in [-0.1, -0.05) is 6.92 Å². The van der Waals surface area contributed by atoms with Crippen LogP contribution in [0.3, 0.4) is 0 Å². The minimum atomic E-state index is 0.830. The average molecular weight is 225 g/mol. The van der Waals surface area contributed by atoms with Gasteiger partial charge >= 0.3 is 0 Å². The van der Waals surface area contributed by atoms with Gasteiger partial charge in [-0.15, -0.1) is 0 Å². The third-order valence-electron chi connectivity index (χ3n) is 2.27. The van der Waals surface area contributed by atoms with E-state index in [1.165, 1.54) is 0 Å². The molecular weight excluding hydrogens is 202 g/mol. The van der Waals surface area contributed by atoms with Crippen LogP contribution in [0.2, 0.25) is 0 Å². The van der Waals surface area contributed by atoms with Gasteiger partial charge in [0.05, 0.1) is 5.69 Å². The van der Waals surface area contributed by atoms with E-state index in [1.807, 2.05) is 6.92 Å². The molecule has 0 amide bonds. The van der Waals surface area contributed by atoms with Gasteiger partial charge in [-0.2, -0.15) is 0 Å². The number of hydrogen-bond acceptors (Lipinski definition) is 3. The Balaban J connectivity index is 2.34. The van der Waals surface area contributed by atoms with E-state index < -0.39 is 0 Å². The molecule has 0 aliphatic rings. The summed E-state index contributed by atoms with van der Waals surface area (Å²) in [5.41, 5.74) is 1.06. The Labute approximate surface area is 98.0 Å². The Kier molecular flexibility index (Phi) is 5.93. The number of rotatable bonds is 8. The maximum atomic E-state index is 5.46. The van der Waals surface area contributed by atoms with Crippen LogP contribution in [-0.4, -0.2) is 29.3 Å². The summed E-state index contributed by atoms with van der Waals surface area (Å²) < 4.78 is 7.62. The number of imidazole rings is 1. The van der Waals surface area contributed by atoms with Gasteiger partial charge in [0.2, 0.25) is 5.95 Å². The van der Waals surface area contributed by atoms with Gasteiger partial charge in [0.1, 0.15) is 0 Å². The summed E-state index contributed by atoms with van der Waals surface area (Å²) in [7, 11) is 0. The molecule has 1 heterocycles. The second-order valence-corrected chi connectivity index (χ2v) is 3.90. The highest BCUT2D eigenvalue weighted by atomic mass is 16.5. The highest BCUT2D eigenvalue weighted by Gasteiger charge is 2.03. The molecule has 1 aromatic heterocycles. The van der Waals surface area contributed by atoms with Crippen molar-refractivity contribution in [2.24, 2.45) is 0 Å². The van der Waals surface area contributed by atoms with E-state index in [0.29, 0.717) is 0 Å². The minimum Gasteiger partial charge on any atom is -0.381 e. The minimum absolute atomic E-state index is 0.830. The van der Waals surface area contributed by atoms with Crippen molar-refractivity contribution in [3.63, 3.8) is 0 Å². The standard InChI is InChI=1S/C12H23N3O/c1-4-8-16-9-6-7-15-10-11(3)14-12(15)13-5-2/h10H,4-9H2,1-3H3,(H,13,14). The maximum Gasteiger partial charge on any atom is 0.203 e. The van der Waals surface area contributed by atoms with E-state index in [2.05, 4.69) is 34.9 Å². The molecule has 0 atom stereocenters. The van der Waals surface area contributed by atoms with Crippen molar-refractivity contribution in [2.45, 2.75) is 40.2 Å². The predicted molar refractivity (Wildman–Crippen MR) is 66.9 cm³/mol. The smallest absolute Gasteiger partial charge is 0.203 e. The molecule has 16 heavy (non-hydrogen) atoms. The second kappa shape index (κ2) is 7.28. The van der Waals surface area contributed by atoms with Crippen molar-refractivity contribution in [3.8, 4) is 0 Å². The van der Waals surface area contributed by atoms with Gasteiger partial charge in [0, 0.05) is 32.5 Å². The highest BCUT2D eigenvalue weighted by molar-refractivity contribution is 5.28. The van der Waals surface area contributed by atoms with Crippen LogP contribution < -0.4 is 5.32 Å². The SMILES string of the molecule is CCCOCCCn1cc(C)nc1NCC. The van der Waals surface area contributed by atoms with E-state index >= 15 is 0 Å². The van der Waals surface area contributed by atoms with Crippen molar-refractivity contribution >= 4 is 5.95 Å². The molecule has 0 radical (unpaired) electrons. The lowest BCUT2D eigenvalue weighted by Gasteiger charge is -2.08. The first-order valence-corrected chi connectivity index (χ1v) is 6.13. The van der Waals surface area contributed by atoms with E-state index in [0.717, 1.165) is 50.8 Å². The molecule has 4 heteroatoms. The number of anilines is 1. The first-order valence-electron chi connectivity index (χ1n) is 6.13. The molecule has 1 aromatic rings. The molecule has 0 fully saturated rings. The van der Waals surface area contributed by atoms with Crippen molar-refractivity contribution in [1.29, 1.82) is 0 Å². The number of aryl methyl sites for hydroxylation is 2. The molecule has 4 nitrogen and oxygen atoms in total. The van der Waals surface area contributed by atoms with Crippen LogP contribution in [0.4, 0.5) is 5.95 Å². The van der Waals surface area contributed by atoms with Crippen LogP contribution in [-0.2, 0) is 11.3 Å². The highest BCUT2D eigenvalue weighted by Crippen LogP contribution is 2.08. The lowest BCUT2D eigenvalue weighted by Crippen LogP contribution is -2.08. The first-order chi connectivity index (χ1) is 7.77. The zero-order chi connectivity index (χ0) is 11.8. The van der Waals surface area contributed by atoms with Crippen LogP contribution in [0, 0.1) is 6.92 Å². The van der Waals surface area contributed by atoms with Gasteiger partial charge < -0.3 is 14.6 Å². The summed E-state index contributed by atoms with van der Waals surface area (Å²) in [5.74, 6) is 0.968. The van der Waals surface area contributed by atoms with Crippen LogP contribution >= 0.6 is 0 Å². The number of nitrogens with zero attached hydrogens (tertiary/aromatic N) is 2. The Hall–Kier alpha value is -1.03. The monoisotopic (exact) mass is 225 g/mol. The Morgan fingerprint density at radius 2 is 2.19 bits per heavy atom. The van der Waals surface area contributed by atoms with Crippen LogP contribution in [0.5, 0.6) is 0 Å². The van der Waals surface area contributed by atoms with Crippen molar-refractivity contribution in [1.82, 2.24) is 9.55 Å². The third kappa shape index (κ3) is 4.23. The van der Waals surface area contributed by atoms with Crippen molar-refractivity contribution in [2.75, 3.05) is 25.1 Å². The molecule has 0 bridgehead atoms. The summed E-state index contributed by atoms with van der Waals surface area (Å²) in [5, 5.41) is 3.26. The first kappa shape index (κ1) is 13.0. The molecule has 0 unspecified atom stereocenters. The lowest BCUT2D eigenvalue weighted by molar-refractivity contribution is 0.129. The number of aromatic nitrogens is 2. The van der Waals surface area contributed by atoms with Crippen LogP contribution in [0.25, 0.3) is 0 Å². The van der Waals surface area contributed by atoms with Crippen molar-refractivity contribution < 1.29 is 4.74 Å². The zero-order valence-electron chi connectivity index (χ0n) is 10.6. The quantitative estimate of drug-likeness (QED) is 0.691. The molecule has 0 saturated heterocycles. The zero-order valence-corrected chi connectivity index (χ0v) is 10.6. The van der Waals surface area contributed by atoms with Gasteiger partial charge in [-0.25, -0.2) is 4.98 Å². The van der Waals surface area contributed by atoms with E-state index in [-0.39, 0.29) is 0 Å². The van der Waals surface area contributed by atoms with E-state index in [4.69, 9.17) is 4.74 Å². The third-order valence-corrected chi connectivity index (χ3v) is 2.27. The topological polar surface area (TPSA) is 39.1 Å². The normalized spacial score (nSPS) is 10.7. The fraction of sp³-hybridized carbons (Fsp3) is 0.750. The van der Waals surface area contributed by atoms with Gasteiger partial charge in [-0.3, -0.25) is 0 Å². The largest absolute Gasteiger partial charge is 0.381 e. The Bertz CT molecular complexity index is 296. The van der Waals surface area contributed by atoms with E-state index in [1.54, 1.807) is 0 Å². The average Bonchev–Trinajstić information content (AvgIpc) is 2.59. The lowest BCUT2D eigenvalue weighted by atomic mass is 10.4. The fourth-order valence-corrected chi connectivity index (χ4v) is 1.60.